The van der Waals surface area contributed by atoms with E-state index in [0.29, 0.717) is 0 Å². The van der Waals surface area contributed by atoms with Crippen LogP contribution in [0.25, 0.3) is 21.8 Å². The van der Waals surface area contributed by atoms with Gasteiger partial charge in [0.05, 0.1) is 0 Å². The monoisotopic (exact) mass is 184 g/mol. The van der Waals surface area contributed by atoms with Crippen LogP contribution in [0.1, 0.15) is 11.4 Å². The molecule has 0 saturated carbocycles. The average molecular weight is 184 g/mol. The van der Waals surface area contributed by atoms with Crippen LogP contribution in [0.3, 0.4) is 0 Å². The van der Waals surface area contributed by atoms with Gasteiger partial charge in [-0.2, -0.15) is 0 Å². The summed E-state index contributed by atoms with van der Waals surface area (Å²) in [5.41, 5.74) is 4.86. The summed E-state index contributed by atoms with van der Waals surface area (Å²) in [5.74, 6) is 0. The fraction of sp³-hybridized carbons (Fsp3) is 0.167. The zero-order chi connectivity index (χ0) is 9.71. The van der Waals surface area contributed by atoms with Gasteiger partial charge in [-0.25, -0.2) is 0 Å². The Hall–Kier alpha value is -1.70. The average Bonchev–Trinajstić information content (AvgIpc) is 2.59. The maximum absolute atomic E-state index is 3.35. The molecule has 1 aromatic carbocycles. The molecule has 2 nitrogen and oxygen atoms in total. The predicted molar refractivity (Wildman–Crippen MR) is 59.6 cm³/mol. The van der Waals surface area contributed by atoms with Crippen molar-refractivity contribution in [3.8, 4) is 0 Å². The number of fused-ring (bicyclic) bond motifs is 2. The van der Waals surface area contributed by atoms with Crippen molar-refractivity contribution in [1.82, 2.24) is 9.97 Å². The maximum atomic E-state index is 3.35. The smallest absolute Gasteiger partial charge is 0.0463 e. The molecule has 0 spiro atoms. The molecule has 0 amide bonds. The van der Waals surface area contributed by atoms with Gasteiger partial charge in [-0.15, -0.1) is 0 Å². The number of rotatable bonds is 0. The van der Waals surface area contributed by atoms with Gasteiger partial charge < -0.3 is 9.97 Å². The van der Waals surface area contributed by atoms with Crippen LogP contribution in [-0.4, -0.2) is 9.97 Å². The van der Waals surface area contributed by atoms with Crippen molar-refractivity contribution in [3.05, 3.63) is 35.7 Å². The number of aryl methyl sites for hydroxylation is 2. The van der Waals surface area contributed by atoms with Gasteiger partial charge in [0.25, 0.3) is 0 Å². The molecule has 0 saturated heterocycles. The van der Waals surface area contributed by atoms with Crippen LogP contribution < -0.4 is 0 Å². The normalized spacial score (nSPS) is 11.6. The summed E-state index contributed by atoms with van der Waals surface area (Å²) in [5, 5.41) is 2.55. The third-order valence-electron chi connectivity index (χ3n) is 2.63. The van der Waals surface area contributed by atoms with Crippen molar-refractivity contribution in [2.75, 3.05) is 0 Å². The van der Waals surface area contributed by atoms with Crippen molar-refractivity contribution in [1.29, 1.82) is 0 Å². The maximum Gasteiger partial charge on any atom is 0.0463 e. The largest absolute Gasteiger partial charge is 0.359 e. The summed E-state index contributed by atoms with van der Waals surface area (Å²) in [7, 11) is 0. The van der Waals surface area contributed by atoms with Crippen molar-refractivity contribution in [3.63, 3.8) is 0 Å². The Kier molecular flexibility index (Phi) is 1.32. The quantitative estimate of drug-likeness (QED) is 0.537. The van der Waals surface area contributed by atoms with Gasteiger partial charge in [-0.05, 0) is 38.1 Å². The van der Waals surface area contributed by atoms with Crippen molar-refractivity contribution in [2.45, 2.75) is 13.8 Å². The van der Waals surface area contributed by atoms with Gasteiger partial charge in [0.1, 0.15) is 0 Å². The van der Waals surface area contributed by atoms with E-state index >= 15 is 0 Å². The summed E-state index contributed by atoms with van der Waals surface area (Å²) in [6, 6.07) is 8.73. The minimum absolute atomic E-state index is 1.21. The van der Waals surface area contributed by atoms with Crippen LogP contribution in [-0.2, 0) is 0 Å². The van der Waals surface area contributed by atoms with Gasteiger partial charge in [0.15, 0.2) is 0 Å². The Labute approximate surface area is 81.9 Å². The number of aromatic amines is 2. The molecule has 3 rings (SSSR count). The molecule has 0 aliphatic heterocycles. The molecule has 0 atom stereocenters. The number of H-pyrrole nitrogens is 2. The molecular weight excluding hydrogens is 172 g/mol. The summed E-state index contributed by atoms with van der Waals surface area (Å²) in [4.78, 5) is 6.69. The highest BCUT2D eigenvalue weighted by atomic mass is 14.7. The molecule has 0 radical (unpaired) electrons. The number of nitrogens with one attached hydrogen (secondary N) is 2. The molecule has 14 heavy (non-hydrogen) atoms. The first-order valence-corrected chi connectivity index (χ1v) is 4.81. The molecule has 2 aromatic heterocycles. The first kappa shape index (κ1) is 7.68. The first-order valence-electron chi connectivity index (χ1n) is 4.81. The molecule has 2 heterocycles. The van der Waals surface area contributed by atoms with Gasteiger partial charge in [-0.3, -0.25) is 0 Å². The molecule has 0 fully saturated rings. The molecule has 3 aromatic rings. The van der Waals surface area contributed by atoms with Crippen LogP contribution >= 0.6 is 0 Å². The van der Waals surface area contributed by atoms with E-state index in [2.05, 4.69) is 48.1 Å². The lowest BCUT2D eigenvalue weighted by molar-refractivity contribution is 1.30. The third kappa shape index (κ3) is 0.970. The Morgan fingerprint density at radius 2 is 1.14 bits per heavy atom. The molecular formula is C12H12N2. The van der Waals surface area contributed by atoms with E-state index in [-0.39, 0.29) is 0 Å². The highest BCUT2D eigenvalue weighted by Crippen LogP contribution is 2.23. The van der Waals surface area contributed by atoms with E-state index in [4.69, 9.17) is 0 Å². The molecule has 2 N–H and O–H groups in total. The molecule has 0 aliphatic carbocycles. The zero-order valence-corrected chi connectivity index (χ0v) is 8.31. The van der Waals surface area contributed by atoms with Gasteiger partial charge in [-0.1, -0.05) is 0 Å². The SMILES string of the molecule is Cc1cc2cc3[nH]c(C)cc3cc2[nH]1. The molecule has 0 bridgehead atoms. The summed E-state index contributed by atoms with van der Waals surface area (Å²) < 4.78 is 0. The Bertz CT molecular complexity index is 511. The Balaban J connectivity index is 2.49. The van der Waals surface area contributed by atoms with Gasteiger partial charge in [0, 0.05) is 33.2 Å². The second-order valence-corrected chi connectivity index (χ2v) is 3.93. The number of aromatic nitrogens is 2. The molecule has 70 valence electrons. The Morgan fingerprint density at radius 1 is 0.714 bits per heavy atom. The van der Waals surface area contributed by atoms with E-state index in [9.17, 15) is 0 Å². The topological polar surface area (TPSA) is 31.6 Å². The second-order valence-electron chi connectivity index (χ2n) is 3.93. The number of hydrogen-bond acceptors (Lipinski definition) is 0. The highest BCUT2D eigenvalue weighted by molar-refractivity contribution is 5.96. The van der Waals surface area contributed by atoms with Crippen molar-refractivity contribution in [2.24, 2.45) is 0 Å². The van der Waals surface area contributed by atoms with E-state index in [0.717, 1.165) is 0 Å². The van der Waals surface area contributed by atoms with Crippen LogP contribution in [0, 0.1) is 13.8 Å². The second kappa shape index (κ2) is 2.41. The summed E-state index contributed by atoms with van der Waals surface area (Å²) in [6.07, 6.45) is 0. The van der Waals surface area contributed by atoms with E-state index in [1.54, 1.807) is 0 Å². The third-order valence-corrected chi connectivity index (χ3v) is 2.63. The van der Waals surface area contributed by atoms with Crippen LogP contribution in [0.4, 0.5) is 0 Å². The molecule has 0 aliphatic rings. The predicted octanol–water partition coefficient (Wildman–Crippen LogP) is 3.27. The van der Waals surface area contributed by atoms with Gasteiger partial charge >= 0.3 is 0 Å². The highest BCUT2D eigenvalue weighted by Gasteiger charge is 2.02. The van der Waals surface area contributed by atoms with E-state index in [1.165, 1.54) is 33.2 Å². The lowest BCUT2D eigenvalue weighted by Crippen LogP contribution is -1.70. The molecule has 0 unspecified atom stereocenters. The Morgan fingerprint density at radius 3 is 1.57 bits per heavy atom. The van der Waals surface area contributed by atoms with Crippen molar-refractivity contribution < 1.29 is 0 Å². The van der Waals surface area contributed by atoms with Crippen molar-refractivity contribution >= 4 is 21.8 Å². The van der Waals surface area contributed by atoms with Gasteiger partial charge in [0.2, 0.25) is 0 Å². The van der Waals surface area contributed by atoms with Crippen LogP contribution in [0.2, 0.25) is 0 Å². The zero-order valence-electron chi connectivity index (χ0n) is 8.31. The lowest BCUT2D eigenvalue weighted by Gasteiger charge is -1.90. The summed E-state index contributed by atoms with van der Waals surface area (Å²) in [6.45, 7) is 4.17. The minimum atomic E-state index is 1.21. The number of hydrogen-bond donors (Lipinski definition) is 2. The van der Waals surface area contributed by atoms with Crippen LogP contribution in [0.15, 0.2) is 24.3 Å². The van der Waals surface area contributed by atoms with E-state index < -0.39 is 0 Å². The molecule has 2 heteroatoms. The van der Waals surface area contributed by atoms with Crippen LogP contribution in [0.5, 0.6) is 0 Å². The number of benzene rings is 1. The minimum Gasteiger partial charge on any atom is -0.359 e. The standard InChI is InChI=1S/C12H12N2/c1-7-3-9-5-12-10(4-8(2)14-12)6-11(9)13-7/h3-6,13-14H,1-2H3. The van der Waals surface area contributed by atoms with E-state index in [1.807, 2.05) is 0 Å². The first-order chi connectivity index (χ1) is 6.72. The summed E-state index contributed by atoms with van der Waals surface area (Å²) >= 11 is 0. The fourth-order valence-corrected chi connectivity index (χ4v) is 2.05. The fourth-order valence-electron chi connectivity index (χ4n) is 2.05. The lowest BCUT2D eigenvalue weighted by atomic mass is 10.2.